The van der Waals surface area contributed by atoms with Crippen LogP contribution in [0.4, 0.5) is 0 Å². The lowest BCUT2D eigenvalue weighted by Gasteiger charge is -2.35. The van der Waals surface area contributed by atoms with Gasteiger partial charge in [0.1, 0.15) is 6.33 Å². The summed E-state index contributed by atoms with van der Waals surface area (Å²) in [5.74, 6) is 0.0481. The molecule has 102 valence electrons. The van der Waals surface area contributed by atoms with E-state index in [2.05, 4.69) is 37.3 Å². The van der Waals surface area contributed by atoms with Crippen LogP contribution in [0.1, 0.15) is 23.6 Å². The topological polar surface area (TPSA) is 54.9 Å². The Hall–Kier alpha value is -1.75. The second-order valence-corrected chi connectivity index (χ2v) is 6.16. The van der Waals surface area contributed by atoms with E-state index in [4.69, 9.17) is 0 Å². The highest BCUT2D eigenvalue weighted by Gasteiger charge is 2.40. The van der Waals surface area contributed by atoms with Gasteiger partial charge in [0.15, 0.2) is 0 Å². The molecule has 5 heteroatoms. The van der Waals surface area contributed by atoms with Gasteiger partial charge in [0, 0.05) is 23.4 Å². The third kappa shape index (κ3) is 2.22. The van der Waals surface area contributed by atoms with Crippen molar-refractivity contribution in [2.24, 2.45) is 0 Å². The number of halogens is 1. The number of carbonyl (C=O) groups excluding carboxylic acids is 1. The molecule has 1 N–H and O–H groups in total. The summed E-state index contributed by atoms with van der Waals surface area (Å²) in [5.41, 5.74) is 2.59. The second kappa shape index (κ2) is 4.98. The first kappa shape index (κ1) is 13.2. The highest BCUT2D eigenvalue weighted by molar-refractivity contribution is 9.10. The molecule has 1 aliphatic heterocycles. The van der Waals surface area contributed by atoms with Crippen molar-refractivity contribution in [3.8, 4) is 0 Å². The molecule has 4 nitrogen and oxygen atoms in total. The van der Waals surface area contributed by atoms with Crippen LogP contribution in [0.2, 0.25) is 0 Å². The van der Waals surface area contributed by atoms with Gasteiger partial charge in [-0.3, -0.25) is 4.79 Å². The molecule has 2 aromatic rings. The molecule has 0 fully saturated rings. The second-order valence-electron chi connectivity index (χ2n) is 5.24. The van der Waals surface area contributed by atoms with Gasteiger partial charge in [-0.25, -0.2) is 9.97 Å². The predicted molar refractivity (Wildman–Crippen MR) is 79.1 cm³/mol. The molecule has 0 unspecified atom stereocenters. The van der Waals surface area contributed by atoms with E-state index in [1.54, 1.807) is 12.4 Å². The van der Waals surface area contributed by atoms with Crippen molar-refractivity contribution in [2.45, 2.75) is 25.3 Å². The molecule has 0 saturated carbocycles. The van der Waals surface area contributed by atoms with Crippen LogP contribution in [-0.4, -0.2) is 15.9 Å². The molecule has 0 bridgehead atoms. The average Bonchev–Trinajstić information content (AvgIpc) is 2.45. The molecule has 1 atom stereocenters. The number of aromatic nitrogens is 2. The van der Waals surface area contributed by atoms with Crippen LogP contribution in [0.25, 0.3) is 0 Å². The van der Waals surface area contributed by atoms with Crippen molar-refractivity contribution in [1.29, 1.82) is 0 Å². The summed E-state index contributed by atoms with van der Waals surface area (Å²) < 4.78 is 0.987. The number of hydrogen-bond donors (Lipinski definition) is 1. The van der Waals surface area contributed by atoms with E-state index in [0.29, 0.717) is 13.0 Å². The Labute approximate surface area is 125 Å². The third-order valence-electron chi connectivity index (χ3n) is 3.78. The maximum absolute atomic E-state index is 12.4. The van der Waals surface area contributed by atoms with Crippen molar-refractivity contribution in [3.63, 3.8) is 0 Å². The van der Waals surface area contributed by atoms with Gasteiger partial charge in [-0.05, 0) is 42.2 Å². The zero-order valence-corrected chi connectivity index (χ0v) is 12.6. The van der Waals surface area contributed by atoms with Gasteiger partial charge in [-0.1, -0.05) is 22.0 Å². The lowest BCUT2D eigenvalue weighted by Crippen LogP contribution is -2.48. The van der Waals surface area contributed by atoms with Gasteiger partial charge in [-0.2, -0.15) is 0 Å². The van der Waals surface area contributed by atoms with Crippen molar-refractivity contribution < 1.29 is 4.79 Å². The predicted octanol–water partition coefficient (Wildman–Crippen LogP) is 2.37. The molecule has 2 heterocycles. The Kier molecular flexibility index (Phi) is 3.30. The van der Waals surface area contributed by atoms with Crippen LogP contribution in [0.5, 0.6) is 0 Å². The number of hydrogen-bond acceptors (Lipinski definition) is 3. The molecule has 1 aliphatic rings. The van der Waals surface area contributed by atoms with Crippen LogP contribution >= 0.6 is 15.9 Å². The molecular weight excluding hydrogens is 318 g/mol. The number of nitrogens with zero attached hydrogens (tertiary/aromatic N) is 2. The number of amides is 1. The summed E-state index contributed by atoms with van der Waals surface area (Å²) >= 11 is 3.49. The minimum atomic E-state index is -0.595. The lowest BCUT2D eigenvalue weighted by atomic mass is 9.73. The summed E-state index contributed by atoms with van der Waals surface area (Å²) in [4.78, 5) is 20.5. The summed E-state index contributed by atoms with van der Waals surface area (Å²) in [6, 6.07) is 6.10. The Bertz CT molecular complexity index is 659. The molecule has 0 aliphatic carbocycles. The summed E-state index contributed by atoms with van der Waals surface area (Å²) in [6.45, 7) is 2.56. The zero-order chi connectivity index (χ0) is 14.2. The first-order chi connectivity index (χ1) is 9.59. The average molecular weight is 332 g/mol. The zero-order valence-electron chi connectivity index (χ0n) is 11.1. The minimum Gasteiger partial charge on any atom is -0.351 e. The van der Waals surface area contributed by atoms with E-state index in [0.717, 1.165) is 21.2 Å². The maximum Gasteiger partial charge on any atom is 0.230 e. The largest absolute Gasteiger partial charge is 0.351 e. The summed E-state index contributed by atoms with van der Waals surface area (Å²) in [5, 5.41) is 2.97. The van der Waals surface area contributed by atoms with Crippen LogP contribution in [0, 0.1) is 0 Å². The fourth-order valence-corrected chi connectivity index (χ4v) is 3.08. The first-order valence-corrected chi connectivity index (χ1v) is 7.20. The van der Waals surface area contributed by atoms with Gasteiger partial charge < -0.3 is 5.32 Å². The molecular formula is C15H14BrN3O. The molecule has 3 rings (SSSR count). The monoisotopic (exact) mass is 331 g/mol. The first-order valence-electron chi connectivity index (χ1n) is 6.41. The van der Waals surface area contributed by atoms with E-state index < -0.39 is 5.41 Å². The van der Waals surface area contributed by atoms with Gasteiger partial charge in [0.2, 0.25) is 5.91 Å². The minimum absolute atomic E-state index is 0.0481. The molecule has 0 saturated heterocycles. The third-order valence-corrected chi connectivity index (χ3v) is 4.27. The van der Waals surface area contributed by atoms with Crippen molar-refractivity contribution in [3.05, 3.63) is 58.1 Å². The van der Waals surface area contributed by atoms with Crippen LogP contribution < -0.4 is 5.32 Å². The number of rotatable bonds is 2. The molecule has 20 heavy (non-hydrogen) atoms. The van der Waals surface area contributed by atoms with Gasteiger partial charge in [-0.15, -0.1) is 0 Å². The van der Waals surface area contributed by atoms with Gasteiger partial charge in [0.05, 0.1) is 5.41 Å². The van der Waals surface area contributed by atoms with Crippen molar-refractivity contribution in [2.75, 3.05) is 0 Å². The van der Waals surface area contributed by atoms with E-state index in [9.17, 15) is 4.79 Å². The summed E-state index contributed by atoms with van der Waals surface area (Å²) in [7, 11) is 0. The Morgan fingerprint density at radius 3 is 2.85 bits per heavy atom. The van der Waals surface area contributed by atoms with Gasteiger partial charge >= 0.3 is 0 Å². The van der Waals surface area contributed by atoms with E-state index in [1.807, 2.05) is 19.1 Å². The highest BCUT2D eigenvalue weighted by atomic mass is 79.9. The molecule has 1 aromatic heterocycles. The van der Waals surface area contributed by atoms with E-state index in [-0.39, 0.29) is 5.91 Å². The maximum atomic E-state index is 12.4. The quantitative estimate of drug-likeness (QED) is 0.919. The molecule has 1 aromatic carbocycles. The Balaban J connectivity index is 2.07. The fraction of sp³-hybridized carbons (Fsp3) is 0.267. The normalized spacial score (nSPS) is 21.2. The molecule has 1 amide bonds. The van der Waals surface area contributed by atoms with Crippen molar-refractivity contribution >= 4 is 21.8 Å². The van der Waals surface area contributed by atoms with Crippen LogP contribution in [0.15, 0.2) is 41.4 Å². The van der Waals surface area contributed by atoms with E-state index >= 15 is 0 Å². The standard InChI is InChI=1S/C15H14BrN3O/c1-15(5-10-6-17-9-18-7-10)13-4-12(16)3-2-11(13)8-19-14(15)20/h2-4,6-7,9H,5,8H2,1H3,(H,19,20)/t15-/m1/s1. The fourth-order valence-electron chi connectivity index (χ4n) is 2.71. The van der Waals surface area contributed by atoms with Crippen LogP contribution in [0.3, 0.4) is 0 Å². The smallest absolute Gasteiger partial charge is 0.230 e. The van der Waals surface area contributed by atoms with Gasteiger partial charge in [0.25, 0.3) is 0 Å². The number of carbonyl (C=O) groups is 1. The molecule has 0 radical (unpaired) electrons. The Morgan fingerprint density at radius 2 is 2.10 bits per heavy atom. The van der Waals surface area contributed by atoms with Crippen LogP contribution in [-0.2, 0) is 23.2 Å². The molecule has 0 spiro atoms. The number of fused-ring (bicyclic) bond motifs is 1. The Morgan fingerprint density at radius 1 is 1.35 bits per heavy atom. The lowest BCUT2D eigenvalue weighted by molar-refractivity contribution is -0.127. The number of nitrogens with one attached hydrogen (secondary N) is 1. The highest BCUT2D eigenvalue weighted by Crippen LogP contribution is 2.35. The number of benzene rings is 1. The summed E-state index contributed by atoms with van der Waals surface area (Å²) in [6.07, 6.45) is 5.61. The van der Waals surface area contributed by atoms with E-state index in [1.165, 1.54) is 6.33 Å². The SMILES string of the molecule is C[C@]1(Cc2cncnc2)C(=O)NCc2ccc(Br)cc21. The van der Waals surface area contributed by atoms with Crippen molar-refractivity contribution in [1.82, 2.24) is 15.3 Å².